The van der Waals surface area contributed by atoms with Crippen LogP contribution in [0.4, 0.5) is 10.7 Å². The topological polar surface area (TPSA) is 114 Å². The summed E-state index contributed by atoms with van der Waals surface area (Å²) in [5.74, 6) is -0.874. The summed E-state index contributed by atoms with van der Waals surface area (Å²) in [5, 5.41) is 11.0. The molecule has 2 aromatic heterocycles. The highest BCUT2D eigenvalue weighted by Gasteiger charge is 2.29. The van der Waals surface area contributed by atoms with E-state index in [2.05, 4.69) is 22.9 Å². The van der Waals surface area contributed by atoms with E-state index in [0.29, 0.717) is 27.7 Å². The Morgan fingerprint density at radius 3 is 2.60 bits per heavy atom. The smallest absolute Gasteiger partial charge is 0.341 e. The number of thioether (sulfide) groups is 1. The summed E-state index contributed by atoms with van der Waals surface area (Å²) < 4.78 is 5.32. The van der Waals surface area contributed by atoms with Crippen molar-refractivity contribution in [2.45, 2.75) is 38.0 Å². The lowest BCUT2D eigenvalue weighted by Gasteiger charge is -2.18. The van der Waals surface area contributed by atoms with Gasteiger partial charge in [0.05, 0.1) is 17.9 Å². The van der Waals surface area contributed by atoms with Gasteiger partial charge in [-0.1, -0.05) is 37.3 Å². The fraction of sp³-hybridized carbons (Fsp3) is 0.235. The number of anilines is 2. The molecule has 1 aliphatic rings. The van der Waals surface area contributed by atoms with Crippen molar-refractivity contribution < 1.29 is 23.9 Å². The van der Waals surface area contributed by atoms with Gasteiger partial charge in [0.2, 0.25) is 5.91 Å². The molecule has 0 radical (unpaired) electrons. The Bertz CT molecular complexity index is 1710. The molecule has 2 heterocycles. The van der Waals surface area contributed by atoms with Crippen LogP contribution in [0.3, 0.4) is 0 Å². The van der Waals surface area contributed by atoms with Gasteiger partial charge in [0, 0.05) is 25.9 Å². The molecule has 0 saturated heterocycles. The zero-order valence-corrected chi connectivity index (χ0v) is 27.3. The molecule has 1 unspecified atom stereocenters. The van der Waals surface area contributed by atoms with E-state index in [1.807, 2.05) is 29.6 Å². The van der Waals surface area contributed by atoms with Gasteiger partial charge in [0.15, 0.2) is 0 Å². The molecule has 4 aromatic rings. The van der Waals surface area contributed by atoms with Crippen LogP contribution >= 0.6 is 34.4 Å². The van der Waals surface area contributed by atoms with Gasteiger partial charge < -0.3 is 20.7 Å². The highest BCUT2D eigenvalue weighted by atomic mass is 32.2. The number of esters is 1. The van der Waals surface area contributed by atoms with E-state index in [0.717, 1.165) is 39.5 Å². The third kappa shape index (κ3) is 8.50. The minimum absolute atomic E-state index is 0.106. The van der Waals surface area contributed by atoms with Crippen LogP contribution in [0.1, 0.15) is 56.3 Å². The summed E-state index contributed by atoms with van der Waals surface area (Å²) in [6.45, 7) is 4.23. The van der Waals surface area contributed by atoms with Crippen molar-refractivity contribution in [3.05, 3.63) is 104 Å². The van der Waals surface area contributed by atoms with Gasteiger partial charge in [-0.3, -0.25) is 14.4 Å². The molecule has 0 fully saturated rings. The number of amides is 3. The van der Waals surface area contributed by atoms with Gasteiger partial charge in [-0.15, -0.1) is 34.4 Å². The summed E-state index contributed by atoms with van der Waals surface area (Å²) in [6, 6.07) is 19.6. The van der Waals surface area contributed by atoms with Crippen molar-refractivity contribution in [3.8, 4) is 0 Å². The molecule has 0 saturated carbocycles. The molecule has 0 bridgehead atoms. The number of fused-ring (bicyclic) bond motifs is 1. The maximum absolute atomic E-state index is 13.3. The maximum atomic E-state index is 13.3. The Hall–Kier alpha value is -4.19. The Morgan fingerprint density at radius 2 is 1.84 bits per heavy atom. The van der Waals surface area contributed by atoms with Crippen LogP contribution in [-0.2, 0) is 27.2 Å². The number of rotatable bonds is 11. The molecule has 0 spiro atoms. The van der Waals surface area contributed by atoms with Crippen LogP contribution in [0.5, 0.6) is 0 Å². The molecule has 45 heavy (non-hydrogen) atoms. The first-order chi connectivity index (χ1) is 21.8. The van der Waals surface area contributed by atoms with Crippen LogP contribution in [0.25, 0.3) is 6.08 Å². The zero-order chi connectivity index (χ0) is 31.8. The third-order valence-electron chi connectivity index (χ3n) is 7.06. The highest BCUT2D eigenvalue weighted by molar-refractivity contribution is 8.00. The molecule has 3 N–H and O–H groups in total. The van der Waals surface area contributed by atoms with E-state index in [1.165, 1.54) is 34.4 Å². The van der Waals surface area contributed by atoms with Crippen molar-refractivity contribution in [1.82, 2.24) is 5.32 Å². The number of nitrogens with one attached hydrogen (secondary N) is 3. The molecule has 232 valence electrons. The van der Waals surface area contributed by atoms with E-state index in [9.17, 15) is 19.2 Å². The Kier molecular flexibility index (Phi) is 10.9. The van der Waals surface area contributed by atoms with Gasteiger partial charge in [0.25, 0.3) is 11.8 Å². The van der Waals surface area contributed by atoms with E-state index in [1.54, 1.807) is 55.5 Å². The summed E-state index contributed by atoms with van der Waals surface area (Å²) in [5.41, 5.74) is 2.54. The van der Waals surface area contributed by atoms with Gasteiger partial charge in [-0.05, 0) is 85.5 Å². The number of carbonyl (C=O) groups excluding carboxylic acids is 4. The molecule has 0 aliphatic heterocycles. The summed E-state index contributed by atoms with van der Waals surface area (Å²) in [7, 11) is 0. The standard InChI is InChI=1S/C34H33N3O5S3/c1-3-42-34(41)30-26-15-14-21(2)17-28(26)45-33(30)37-29(38)20-44-24-12-7-11-23(18-24)35-32(40)27(19-25-13-8-16-43-25)36-31(39)22-9-5-4-6-10-22/h4-13,16,18-19,21H,3,14-15,17,20H2,1-2H3,(H,35,40)(H,36,39)(H,37,38)/b27-19-. The molecule has 1 aliphatic carbocycles. The molecule has 11 heteroatoms. The summed E-state index contributed by atoms with van der Waals surface area (Å²) in [6.07, 6.45) is 4.31. The molecule has 8 nitrogen and oxygen atoms in total. The number of ether oxygens (including phenoxy) is 1. The van der Waals surface area contributed by atoms with Crippen LogP contribution in [0.15, 0.2) is 82.7 Å². The van der Waals surface area contributed by atoms with Crippen molar-refractivity contribution in [1.29, 1.82) is 0 Å². The second-order valence-corrected chi connectivity index (χ2v) is 13.6. The number of benzene rings is 2. The first-order valence-corrected chi connectivity index (χ1v) is 17.3. The molecule has 1 atom stereocenters. The molecule has 5 rings (SSSR count). The van der Waals surface area contributed by atoms with E-state index in [-0.39, 0.29) is 24.0 Å². The van der Waals surface area contributed by atoms with Crippen molar-refractivity contribution >= 4 is 74.9 Å². The lowest BCUT2D eigenvalue weighted by atomic mass is 9.88. The Labute approximate surface area is 274 Å². The monoisotopic (exact) mass is 659 g/mol. The fourth-order valence-electron chi connectivity index (χ4n) is 4.89. The summed E-state index contributed by atoms with van der Waals surface area (Å²) in [4.78, 5) is 54.7. The minimum atomic E-state index is -0.477. The van der Waals surface area contributed by atoms with Gasteiger partial charge in [-0.25, -0.2) is 4.79 Å². The largest absolute Gasteiger partial charge is 0.462 e. The van der Waals surface area contributed by atoms with Crippen molar-refractivity contribution in [2.75, 3.05) is 23.0 Å². The maximum Gasteiger partial charge on any atom is 0.341 e. The fourth-order valence-corrected chi connectivity index (χ4v) is 7.72. The first-order valence-electron chi connectivity index (χ1n) is 14.6. The predicted octanol–water partition coefficient (Wildman–Crippen LogP) is 7.25. The van der Waals surface area contributed by atoms with Crippen LogP contribution in [-0.4, -0.2) is 36.1 Å². The van der Waals surface area contributed by atoms with Crippen LogP contribution in [0.2, 0.25) is 0 Å². The van der Waals surface area contributed by atoms with Crippen molar-refractivity contribution in [2.24, 2.45) is 5.92 Å². The average Bonchev–Trinajstić information content (AvgIpc) is 3.67. The third-order valence-corrected chi connectivity index (χ3v) is 10.0. The molecular weight excluding hydrogens is 627 g/mol. The lowest BCUT2D eigenvalue weighted by molar-refractivity contribution is -0.114. The molecule has 2 aromatic carbocycles. The highest BCUT2D eigenvalue weighted by Crippen LogP contribution is 2.40. The second kappa shape index (κ2) is 15.2. The minimum Gasteiger partial charge on any atom is -0.462 e. The first kappa shape index (κ1) is 32.2. The van der Waals surface area contributed by atoms with Crippen molar-refractivity contribution in [3.63, 3.8) is 0 Å². The molecular formula is C34H33N3O5S3. The van der Waals surface area contributed by atoms with E-state index in [4.69, 9.17) is 4.74 Å². The van der Waals surface area contributed by atoms with Crippen LogP contribution in [0, 0.1) is 5.92 Å². The quantitative estimate of drug-likeness (QED) is 0.0888. The summed E-state index contributed by atoms with van der Waals surface area (Å²) >= 11 is 4.22. The average molecular weight is 660 g/mol. The van der Waals surface area contributed by atoms with Gasteiger partial charge in [-0.2, -0.15) is 0 Å². The zero-order valence-electron chi connectivity index (χ0n) is 24.9. The number of thiophene rings is 2. The van der Waals surface area contributed by atoms with E-state index >= 15 is 0 Å². The van der Waals surface area contributed by atoms with Gasteiger partial charge >= 0.3 is 5.97 Å². The number of hydrogen-bond donors (Lipinski definition) is 3. The second-order valence-electron chi connectivity index (χ2n) is 10.5. The normalized spacial score (nSPS) is 14.3. The number of carbonyl (C=O) groups is 4. The molecule has 3 amide bonds. The Morgan fingerprint density at radius 1 is 1.02 bits per heavy atom. The van der Waals surface area contributed by atoms with Crippen LogP contribution < -0.4 is 16.0 Å². The SMILES string of the molecule is CCOC(=O)c1c(NC(=O)CSc2cccc(NC(=O)/C(=C/c3cccs3)NC(=O)c3ccccc3)c2)sc2c1CCC(C)C2. The lowest BCUT2D eigenvalue weighted by Crippen LogP contribution is -2.30. The van der Waals surface area contributed by atoms with Gasteiger partial charge in [0.1, 0.15) is 10.7 Å². The van der Waals surface area contributed by atoms with E-state index < -0.39 is 17.8 Å². The number of hydrogen-bond acceptors (Lipinski definition) is 8. The predicted molar refractivity (Wildman–Crippen MR) is 182 cm³/mol. The Balaban J connectivity index is 1.24.